The first-order valence-corrected chi connectivity index (χ1v) is 5.74. The van der Waals surface area contributed by atoms with E-state index in [9.17, 15) is 0 Å². The van der Waals surface area contributed by atoms with E-state index in [-0.39, 0.29) is 5.54 Å². The van der Waals surface area contributed by atoms with Gasteiger partial charge in [0, 0.05) is 12.0 Å². The summed E-state index contributed by atoms with van der Waals surface area (Å²) in [5.74, 6) is 1.04. The fourth-order valence-corrected chi connectivity index (χ4v) is 2.15. The van der Waals surface area contributed by atoms with Crippen LogP contribution in [0.4, 0.5) is 0 Å². The van der Waals surface area contributed by atoms with Gasteiger partial charge in [0.25, 0.3) is 0 Å². The average Bonchev–Trinajstić information content (AvgIpc) is 2.74. The van der Waals surface area contributed by atoms with Crippen LogP contribution in [0, 0.1) is 0 Å². The number of nitrogens with two attached hydrogens (primary N) is 1. The van der Waals surface area contributed by atoms with Crippen LogP contribution >= 0.6 is 0 Å². The van der Waals surface area contributed by atoms with Crippen LogP contribution < -0.4 is 10.5 Å². The molecule has 2 N–H and O–H groups in total. The van der Waals surface area contributed by atoms with Gasteiger partial charge in [0.2, 0.25) is 0 Å². The van der Waals surface area contributed by atoms with Gasteiger partial charge in [-0.15, -0.1) is 0 Å². The molecule has 2 rings (SSSR count). The molecule has 0 aromatic heterocycles. The topological polar surface area (TPSA) is 35.2 Å². The van der Waals surface area contributed by atoms with Crippen LogP contribution in [0.15, 0.2) is 18.2 Å². The number of fused-ring (bicyclic) bond motifs is 1. The maximum atomic E-state index is 6.37. The van der Waals surface area contributed by atoms with Crippen molar-refractivity contribution in [2.75, 3.05) is 6.61 Å². The van der Waals surface area contributed by atoms with Crippen molar-refractivity contribution < 1.29 is 4.74 Å². The van der Waals surface area contributed by atoms with Crippen molar-refractivity contribution in [3.63, 3.8) is 0 Å². The maximum absolute atomic E-state index is 6.37. The molecule has 15 heavy (non-hydrogen) atoms. The van der Waals surface area contributed by atoms with Crippen molar-refractivity contribution in [2.24, 2.45) is 5.73 Å². The van der Waals surface area contributed by atoms with Crippen LogP contribution in [-0.2, 0) is 12.0 Å². The second-order valence-electron chi connectivity index (χ2n) is 4.28. The van der Waals surface area contributed by atoms with Crippen LogP contribution in [0.1, 0.15) is 37.8 Å². The summed E-state index contributed by atoms with van der Waals surface area (Å²) in [7, 11) is 0. The molecule has 0 atom stereocenters. The van der Waals surface area contributed by atoms with Gasteiger partial charge in [-0.3, -0.25) is 0 Å². The van der Waals surface area contributed by atoms with Crippen LogP contribution in [0.5, 0.6) is 5.75 Å². The summed E-state index contributed by atoms with van der Waals surface area (Å²) < 4.78 is 5.49. The largest absolute Gasteiger partial charge is 0.493 e. The van der Waals surface area contributed by atoms with Gasteiger partial charge in [-0.1, -0.05) is 26.0 Å². The summed E-state index contributed by atoms with van der Waals surface area (Å²) >= 11 is 0. The van der Waals surface area contributed by atoms with Crippen molar-refractivity contribution in [1.29, 1.82) is 0 Å². The molecule has 0 amide bonds. The Labute approximate surface area is 91.4 Å². The first-order valence-electron chi connectivity index (χ1n) is 5.74. The Morgan fingerprint density at radius 3 is 2.73 bits per heavy atom. The zero-order valence-corrected chi connectivity index (χ0v) is 9.55. The lowest BCUT2D eigenvalue weighted by Crippen LogP contribution is -2.35. The lowest BCUT2D eigenvalue weighted by molar-refractivity contribution is 0.356. The Bertz CT molecular complexity index is 356. The molecule has 1 aliphatic rings. The molecule has 0 saturated carbocycles. The van der Waals surface area contributed by atoms with Crippen LogP contribution in [0.3, 0.4) is 0 Å². The van der Waals surface area contributed by atoms with E-state index in [1.165, 1.54) is 11.1 Å². The Kier molecular flexibility index (Phi) is 2.70. The van der Waals surface area contributed by atoms with E-state index in [1.54, 1.807) is 0 Å². The predicted molar refractivity (Wildman–Crippen MR) is 62.1 cm³/mol. The van der Waals surface area contributed by atoms with Gasteiger partial charge in [-0.05, 0) is 30.0 Å². The van der Waals surface area contributed by atoms with Crippen molar-refractivity contribution in [3.8, 4) is 5.75 Å². The third-order valence-electron chi connectivity index (χ3n) is 3.53. The molecule has 1 aliphatic heterocycles. The highest BCUT2D eigenvalue weighted by atomic mass is 16.5. The summed E-state index contributed by atoms with van der Waals surface area (Å²) in [6, 6.07) is 6.39. The summed E-state index contributed by atoms with van der Waals surface area (Å²) in [4.78, 5) is 0. The van der Waals surface area contributed by atoms with Crippen molar-refractivity contribution >= 4 is 0 Å². The lowest BCUT2D eigenvalue weighted by Gasteiger charge is -2.27. The van der Waals surface area contributed by atoms with E-state index in [4.69, 9.17) is 10.5 Å². The second-order valence-corrected chi connectivity index (χ2v) is 4.28. The molecule has 0 aliphatic carbocycles. The minimum atomic E-state index is -0.169. The molecule has 1 aromatic rings. The zero-order chi connectivity index (χ0) is 10.9. The number of hydrogen-bond donors (Lipinski definition) is 1. The van der Waals surface area contributed by atoms with Crippen LogP contribution in [-0.4, -0.2) is 6.61 Å². The fourth-order valence-electron chi connectivity index (χ4n) is 2.15. The molecule has 2 heteroatoms. The third-order valence-corrected chi connectivity index (χ3v) is 3.53. The van der Waals surface area contributed by atoms with Gasteiger partial charge in [-0.25, -0.2) is 0 Å². The maximum Gasteiger partial charge on any atom is 0.122 e. The van der Waals surface area contributed by atoms with Crippen LogP contribution in [0.2, 0.25) is 0 Å². The van der Waals surface area contributed by atoms with Crippen LogP contribution in [0.25, 0.3) is 0 Å². The van der Waals surface area contributed by atoms with E-state index >= 15 is 0 Å². The minimum Gasteiger partial charge on any atom is -0.493 e. The van der Waals surface area contributed by atoms with Gasteiger partial charge in [-0.2, -0.15) is 0 Å². The van der Waals surface area contributed by atoms with Gasteiger partial charge in [0.15, 0.2) is 0 Å². The molecular formula is C13H19NO. The SMILES string of the molecule is CCC(N)(CC)c1ccc2c(c1)CCO2. The normalized spacial score (nSPS) is 14.9. The summed E-state index contributed by atoms with van der Waals surface area (Å²) in [6.45, 7) is 5.11. The third kappa shape index (κ3) is 1.74. The van der Waals surface area contributed by atoms with Gasteiger partial charge < -0.3 is 10.5 Å². The summed E-state index contributed by atoms with van der Waals surface area (Å²) in [6.07, 6.45) is 2.97. The molecular weight excluding hydrogens is 186 g/mol. The van der Waals surface area contributed by atoms with Gasteiger partial charge in [0.1, 0.15) is 5.75 Å². The Morgan fingerprint density at radius 1 is 1.33 bits per heavy atom. The predicted octanol–water partition coefficient (Wildman–Crippen LogP) is 2.60. The van der Waals surface area contributed by atoms with Gasteiger partial charge in [0.05, 0.1) is 6.61 Å². The number of benzene rings is 1. The molecule has 2 nitrogen and oxygen atoms in total. The van der Waals surface area contributed by atoms with E-state index in [0.717, 1.165) is 31.6 Å². The molecule has 0 unspecified atom stereocenters. The highest BCUT2D eigenvalue weighted by molar-refractivity contribution is 5.42. The number of hydrogen-bond acceptors (Lipinski definition) is 2. The quantitative estimate of drug-likeness (QED) is 0.823. The highest BCUT2D eigenvalue weighted by Gasteiger charge is 2.24. The number of ether oxygens (including phenoxy) is 1. The molecule has 0 fully saturated rings. The summed E-state index contributed by atoms with van der Waals surface area (Å²) in [5.41, 5.74) is 8.76. The molecule has 0 bridgehead atoms. The monoisotopic (exact) mass is 205 g/mol. The van der Waals surface area contributed by atoms with E-state index < -0.39 is 0 Å². The molecule has 0 radical (unpaired) electrons. The van der Waals surface area contributed by atoms with Gasteiger partial charge >= 0.3 is 0 Å². The minimum absolute atomic E-state index is 0.169. The number of rotatable bonds is 3. The first-order chi connectivity index (χ1) is 7.19. The second kappa shape index (κ2) is 3.86. The van der Waals surface area contributed by atoms with E-state index in [0.29, 0.717) is 0 Å². The lowest BCUT2D eigenvalue weighted by atomic mass is 9.85. The highest BCUT2D eigenvalue weighted by Crippen LogP contribution is 2.32. The standard InChI is InChI=1S/C13H19NO/c1-3-13(14,4-2)11-5-6-12-10(9-11)7-8-15-12/h5-6,9H,3-4,7-8,14H2,1-2H3. The Balaban J connectivity index is 2.37. The fraction of sp³-hybridized carbons (Fsp3) is 0.538. The molecule has 1 aromatic carbocycles. The average molecular weight is 205 g/mol. The van der Waals surface area contributed by atoms with Crippen molar-refractivity contribution in [1.82, 2.24) is 0 Å². The molecule has 0 saturated heterocycles. The Hall–Kier alpha value is -1.02. The van der Waals surface area contributed by atoms with E-state index in [1.807, 2.05) is 0 Å². The first kappa shape index (κ1) is 10.5. The Morgan fingerprint density at radius 2 is 2.07 bits per heavy atom. The smallest absolute Gasteiger partial charge is 0.122 e. The van der Waals surface area contributed by atoms with E-state index in [2.05, 4.69) is 32.0 Å². The van der Waals surface area contributed by atoms with Crippen molar-refractivity contribution in [2.45, 2.75) is 38.6 Å². The molecule has 1 heterocycles. The zero-order valence-electron chi connectivity index (χ0n) is 9.55. The van der Waals surface area contributed by atoms with Crippen molar-refractivity contribution in [3.05, 3.63) is 29.3 Å². The molecule has 0 spiro atoms. The molecule has 82 valence electrons. The summed E-state index contributed by atoms with van der Waals surface area (Å²) in [5, 5.41) is 0.